The molecule has 1 aromatic heterocycles. The first kappa shape index (κ1) is 14.4. The van der Waals surface area contributed by atoms with Crippen LogP contribution in [0.5, 0.6) is 0 Å². The zero-order valence-corrected chi connectivity index (χ0v) is 13.0. The molecule has 4 rings (SSSR count). The van der Waals surface area contributed by atoms with E-state index in [1.807, 2.05) is 16.7 Å². The molecule has 120 valence electrons. The van der Waals surface area contributed by atoms with Gasteiger partial charge < -0.3 is 19.4 Å². The molecule has 2 heterocycles. The van der Waals surface area contributed by atoms with Gasteiger partial charge in [-0.1, -0.05) is 24.3 Å². The van der Waals surface area contributed by atoms with Gasteiger partial charge in [-0.25, -0.2) is 4.98 Å². The second-order valence-electron chi connectivity index (χ2n) is 5.90. The van der Waals surface area contributed by atoms with Crippen LogP contribution >= 0.6 is 0 Å². The minimum Gasteiger partial charge on any atom is -0.375 e. The second kappa shape index (κ2) is 5.79. The molecule has 0 spiro atoms. The van der Waals surface area contributed by atoms with Crippen molar-refractivity contribution in [3.63, 3.8) is 0 Å². The molecule has 1 N–H and O–H groups in total. The summed E-state index contributed by atoms with van der Waals surface area (Å²) in [5.41, 5.74) is 2.98. The van der Waals surface area contributed by atoms with Crippen molar-refractivity contribution < 1.29 is 14.3 Å². The van der Waals surface area contributed by atoms with Crippen LogP contribution in [0, 0.1) is 0 Å². The Labute approximate surface area is 134 Å². The topological polar surface area (TPSA) is 65.4 Å². The van der Waals surface area contributed by atoms with E-state index in [0.29, 0.717) is 25.5 Å². The maximum atomic E-state index is 12.7. The molecule has 0 fully saturated rings. The molecule has 1 aliphatic heterocycles. The number of imidazole rings is 1. The van der Waals surface area contributed by atoms with E-state index in [1.165, 1.54) is 5.56 Å². The summed E-state index contributed by atoms with van der Waals surface area (Å²) in [5.74, 6) is 0.699. The molecule has 0 unspecified atom stereocenters. The first-order valence-corrected chi connectivity index (χ1v) is 7.81. The number of fused-ring (bicyclic) bond motifs is 2. The second-order valence-corrected chi connectivity index (χ2v) is 5.90. The number of carbonyl (C=O) groups excluding carboxylic acids is 1. The Kier molecular flexibility index (Phi) is 3.63. The van der Waals surface area contributed by atoms with Gasteiger partial charge in [0.2, 0.25) is 0 Å². The molecule has 0 saturated heterocycles. The molecule has 6 nitrogen and oxygen atoms in total. The van der Waals surface area contributed by atoms with Crippen LogP contribution in [0.4, 0.5) is 0 Å². The average Bonchev–Trinajstić information content (AvgIpc) is 3.15. The lowest BCUT2D eigenvalue weighted by Crippen LogP contribution is -2.39. The predicted molar refractivity (Wildman–Crippen MR) is 83.0 cm³/mol. The minimum atomic E-state index is -0.109. The van der Waals surface area contributed by atoms with Gasteiger partial charge in [-0.2, -0.15) is 0 Å². The zero-order chi connectivity index (χ0) is 15.8. The molecular formula is C17H19N3O3. The van der Waals surface area contributed by atoms with Crippen LogP contribution in [-0.4, -0.2) is 35.2 Å². The van der Waals surface area contributed by atoms with Gasteiger partial charge in [-0.05, 0) is 17.5 Å². The number of amides is 1. The number of ether oxygens (including phenoxy) is 2. The summed E-state index contributed by atoms with van der Waals surface area (Å²) in [7, 11) is 1.68. The van der Waals surface area contributed by atoms with Crippen molar-refractivity contribution in [2.24, 2.45) is 0 Å². The molecule has 23 heavy (non-hydrogen) atoms. The third kappa shape index (κ3) is 2.44. The summed E-state index contributed by atoms with van der Waals surface area (Å²) >= 11 is 0. The van der Waals surface area contributed by atoms with Gasteiger partial charge in [0, 0.05) is 13.7 Å². The molecule has 2 atom stereocenters. The molecule has 1 aromatic carbocycles. The standard InChI is InChI=1S/C17H19N3O3/c1-22-16-12-5-3-2-4-11(12)8-13(16)19-17(21)14-9-18-15-10-23-7-6-20(14)15/h2-5,9,13,16H,6-8,10H2,1H3,(H,19,21)/t13-,16+/m1/s1. The number of rotatable bonds is 3. The summed E-state index contributed by atoms with van der Waals surface area (Å²) in [6, 6.07) is 8.11. The minimum absolute atomic E-state index is 0.0594. The highest BCUT2D eigenvalue weighted by molar-refractivity contribution is 5.92. The number of carbonyl (C=O) groups is 1. The smallest absolute Gasteiger partial charge is 0.269 e. The Morgan fingerprint density at radius 1 is 1.43 bits per heavy atom. The van der Waals surface area contributed by atoms with Crippen LogP contribution in [0.2, 0.25) is 0 Å². The van der Waals surface area contributed by atoms with Crippen molar-refractivity contribution in [1.29, 1.82) is 0 Å². The van der Waals surface area contributed by atoms with E-state index in [0.717, 1.165) is 17.8 Å². The number of benzene rings is 1. The van der Waals surface area contributed by atoms with Crippen molar-refractivity contribution in [3.05, 3.63) is 53.1 Å². The normalized spacial score (nSPS) is 22.5. The molecular weight excluding hydrogens is 294 g/mol. The summed E-state index contributed by atoms with van der Waals surface area (Å²) in [6.45, 7) is 1.73. The Morgan fingerprint density at radius 2 is 2.30 bits per heavy atom. The van der Waals surface area contributed by atoms with E-state index < -0.39 is 0 Å². The number of nitrogens with zero attached hydrogens (tertiary/aromatic N) is 2. The Morgan fingerprint density at radius 3 is 3.17 bits per heavy atom. The van der Waals surface area contributed by atoms with Gasteiger partial charge >= 0.3 is 0 Å². The predicted octanol–water partition coefficient (Wildman–Crippen LogP) is 1.46. The number of hydrogen-bond donors (Lipinski definition) is 1. The van der Waals surface area contributed by atoms with Crippen LogP contribution in [0.1, 0.15) is 33.5 Å². The van der Waals surface area contributed by atoms with Gasteiger partial charge in [-0.15, -0.1) is 0 Å². The van der Waals surface area contributed by atoms with Crippen molar-refractivity contribution in [1.82, 2.24) is 14.9 Å². The third-order valence-corrected chi connectivity index (χ3v) is 4.60. The van der Waals surface area contributed by atoms with Crippen LogP contribution in [0.3, 0.4) is 0 Å². The van der Waals surface area contributed by atoms with Crippen molar-refractivity contribution in [2.45, 2.75) is 31.7 Å². The number of hydrogen-bond acceptors (Lipinski definition) is 4. The average molecular weight is 313 g/mol. The summed E-state index contributed by atoms with van der Waals surface area (Å²) < 4.78 is 12.9. The first-order chi connectivity index (χ1) is 11.3. The number of methoxy groups -OCH3 is 1. The van der Waals surface area contributed by atoms with E-state index in [2.05, 4.69) is 22.4 Å². The Balaban J connectivity index is 1.55. The Hall–Kier alpha value is -2.18. The maximum Gasteiger partial charge on any atom is 0.269 e. The largest absolute Gasteiger partial charge is 0.375 e. The lowest BCUT2D eigenvalue weighted by molar-refractivity contribution is 0.0650. The van der Waals surface area contributed by atoms with Crippen LogP contribution in [0.15, 0.2) is 30.5 Å². The van der Waals surface area contributed by atoms with E-state index in [-0.39, 0.29) is 18.1 Å². The lowest BCUT2D eigenvalue weighted by Gasteiger charge is -2.21. The van der Waals surface area contributed by atoms with Gasteiger partial charge in [-0.3, -0.25) is 4.79 Å². The van der Waals surface area contributed by atoms with E-state index in [4.69, 9.17) is 9.47 Å². The molecule has 0 radical (unpaired) electrons. The highest BCUT2D eigenvalue weighted by Gasteiger charge is 2.34. The van der Waals surface area contributed by atoms with Gasteiger partial charge in [0.05, 0.1) is 18.8 Å². The molecule has 0 bridgehead atoms. The quantitative estimate of drug-likeness (QED) is 0.931. The first-order valence-electron chi connectivity index (χ1n) is 7.81. The van der Waals surface area contributed by atoms with Crippen LogP contribution in [0.25, 0.3) is 0 Å². The molecule has 6 heteroatoms. The Bertz CT molecular complexity index is 740. The van der Waals surface area contributed by atoms with Crippen LogP contribution < -0.4 is 5.32 Å². The molecule has 1 aliphatic carbocycles. The highest BCUT2D eigenvalue weighted by atomic mass is 16.5. The molecule has 1 amide bonds. The SMILES string of the molecule is CO[C@H]1c2ccccc2C[C@H]1NC(=O)c1cnc2n1CCOC2. The van der Waals surface area contributed by atoms with Crippen molar-refractivity contribution >= 4 is 5.91 Å². The van der Waals surface area contributed by atoms with E-state index >= 15 is 0 Å². The monoisotopic (exact) mass is 313 g/mol. The summed E-state index contributed by atoms with van der Waals surface area (Å²) in [6.07, 6.45) is 2.30. The lowest BCUT2D eigenvalue weighted by atomic mass is 10.1. The molecule has 2 aliphatic rings. The fourth-order valence-corrected chi connectivity index (χ4v) is 3.50. The van der Waals surface area contributed by atoms with Gasteiger partial charge in [0.25, 0.3) is 5.91 Å². The fraction of sp³-hybridized carbons (Fsp3) is 0.412. The maximum absolute atomic E-state index is 12.7. The molecule has 2 aromatic rings. The van der Waals surface area contributed by atoms with E-state index in [1.54, 1.807) is 13.3 Å². The van der Waals surface area contributed by atoms with E-state index in [9.17, 15) is 4.79 Å². The van der Waals surface area contributed by atoms with Crippen molar-refractivity contribution in [2.75, 3.05) is 13.7 Å². The zero-order valence-electron chi connectivity index (χ0n) is 13.0. The third-order valence-electron chi connectivity index (χ3n) is 4.60. The number of aromatic nitrogens is 2. The fourth-order valence-electron chi connectivity index (χ4n) is 3.50. The van der Waals surface area contributed by atoms with Gasteiger partial charge in [0.15, 0.2) is 0 Å². The van der Waals surface area contributed by atoms with Crippen molar-refractivity contribution in [3.8, 4) is 0 Å². The molecule has 0 saturated carbocycles. The number of nitrogens with one attached hydrogen (secondary N) is 1. The summed E-state index contributed by atoms with van der Waals surface area (Å²) in [4.78, 5) is 17.0. The highest BCUT2D eigenvalue weighted by Crippen LogP contribution is 2.33. The summed E-state index contributed by atoms with van der Waals surface area (Å²) in [5, 5.41) is 3.11. The van der Waals surface area contributed by atoms with Crippen LogP contribution in [-0.2, 0) is 29.0 Å². The van der Waals surface area contributed by atoms with Gasteiger partial charge in [0.1, 0.15) is 24.2 Å².